The van der Waals surface area contributed by atoms with Gasteiger partial charge in [0.2, 0.25) is 5.65 Å². The second-order valence-corrected chi connectivity index (χ2v) is 6.66. The van der Waals surface area contributed by atoms with Gasteiger partial charge in [-0.3, -0.25) is 4.79 Å². The number of carbonyl (C=O) groups excluding carboxylic acids is 1. The lowest BCUT2D eigenvalue weighted by Crippen LogP contribution is -2.14. The fourth-order valence-electron chi connectivity index (χ4n) is 3.27. The molecule has 1 aromatic carbocycles. The van der Waals surface area contributed by atoms with Gasteiger partial charge in [-0.1, -0.05) is 13.8 Å². The number of carbonyl (C=O) groups is 1. The maximum atomic E-state index is 12.3. The Morgan fingerprint density at radius 2 is 2.25 bits per heavy atom. The number of nitrogens with zero attached hydrogens (tertiary/aromatic N) is 4. The van der Waals surface area contributed by atoms with Crippen molar-refractivity contribution in [3.8, 4) is 0 Å². The van der Waals surface area contributed by atoms with E-state index in [-0.39, 0.29) is 17.8 Å². The van der Waals surface area contributed by atoms with Gasteiger partial charge in [0.15, 0.2) is 5.78 Å². The Kier molecular flexibility index (Phi) is 3.76. The molecule has 2 aromatic heterocycles. The summed E-state index contributed by atoms with van der Waals surface area (Å²) in [4.78, 5) is 16.7. The van der Waals surface area contributed by atoms with E-state index in [2.05, 4.69) is 19.7 Å². The Hall–Kier alpha value is -2.34. The predicted octanol–water partition coefficient (Wildman–Crippen LogP) is 3.00. The lowest BCUT2D eigenvalue weighted by molar-refractivity contribution is 0.0939. The molecule has 1 atom stereocenters. The average Bonchev–Trinajstić information content (AvgIpc) is 3.24. The van der Waals surface area contributed by atoms with Crippen LogP contribution in [0.2, 0.25) is 0 Å². The fourth-order valence-corrected chi connectivity index (χ4v) is 3.27. The molecular formula is C18H20N4O2. The molecule has 1 aliphatic rings. The van der Waals surface area contributed by atoms with E-state index < -0.39 is 0 Å². The molecule has 3 heterocycles. The average molecular weight is 324 g/mol. The van der Waals surface area contributed by atoms with Crippen molar-refractivity contribution in [1.82, 2.24) is 19.7 Å². The molecule has 1 fully saturated rings. The molecule has 0 aliphatic carbocycles. The highest BCUT2D eigenvalue weighted by atomic mass is 16.5. The molecule has 1 aliphatic heterocycles. The molecule has 0 radical (unpaired) electrons. The van der Waals surface area contributed by atoms with E-state index in [0.29, 0.717) is 11.2 Å². The quantitative estimate of drug-likeness (QED) is 0.690. The van der Waals surface area contributed by atoms with Crippen molar-refractivity contribution < 1.29 is 9.53 Å². The van der Waals surface area contributed by atoms with Crippen molar-refractivity contribution >= 4 is 27.9 Å². The van der Waals surface area contributed by atoms with E-state index in [0.717, 1.165) is 42.4 Å². The summed E-state index contributed by atoms with van der Waals surface area (Å²) in [6.45, 7) is 5.40. The van der Waals surface area contributed by atoms with Crippen LogP contribution in [0, 0.1) is 5.92 Å². The predicted molar refractivity (Wildman–Crippen MR) is 91.0 cm³/mol. The molecule has 0 bridgehead atoms. The van der Waals surface area contributed by atoms with Crippen LogP contribution in [0.3, 0.4) is 0 Å². The van der Waals surface area contributed by atoms with Crippen LogP contribution in [0.1, 0.15) is 37.0 Å². The Morgan fingerprint density at radius 3 is 3.00 bits per heavy atom. The standard InChI is InChI=1S/C18H20N4O2/c1-11(2)17(23)12-5-6-15-14(8-12)16-18(21-20-15)19-10-22(16)9-13-4-3-7-24-13/h5-6,8,10-11,13H,3-4,7,9H2,1-2H3. The number of hydrogen-bond acceptors (Lipinski definition) is 5. The lowest BCUT2D eigenvalue weighted by Gasteiger charge is -2.12. The largest absolute Gasteiger partial charge is 0.376 e. The minimum atomic E-state index is -0.0375. The van der Waals surface area contributed by atoms with Gasteiger partial charge in [-0.05, 0) is 31.0 Å². The van der Waals surface area contributed by atoms with Gasteiger partial charge < -0.3 is 9.30 Å². The number of rotatable bonds is 4. The summed E-state index contributed by atoms with van der Waals surface area (Å²) in [5.74, 6) is 0.0941. The zero-order valence-electron chi connectivity index (χ0n) is 13.9. The molecule has 6 nitrogen and oxygen atoms in total. The first kappa shape index (κ1) is 15.2. The molecule has 0 N–H and O–H groups in total. The number of aromatic nitrogens is 4. The Bertz CT molecular complexity index is 910. The normalized spacial score (nSPS) is 18.0. The van der Waals surface area contributed by atoms with Crippen molar-refractivity contribution in [2.75, 3.05) is 6.61 Å². The number of fused-ring (bicyclic) bond motifs is 3. The molecule has 0 amide bonds. The molecular weight excluding hydrogens is 304 g/mol. The highest BCUT2D eigenvalue weighted by Crippen LogP contribution is 2.25. The number of benzene rings is 1. The Morgan fingerprint density at radius 1 is 1.38 bits per heavy atom. The zero-order valence-corrected chi connectivity index (χ0v) is 13.9. The van der Waals surface area contributed by atoms with E-state index in [1.165, 1.54) is 0 Å². The molecule has 4 rings (SSSR count). The summed E-state index contributed by atoms with van der Waals surface area (Å²) in [6.07, 6.45) is 4.17. The van der Waals surface area contributed by atoms with Gasteiger partial charge in [-0.15, -0.1) is 10.2 Å². The van der Waals surface area contributed by atoms with E-state index >= 15 is 0 Å². The van der Waals surface area contributed by atoms with Crippen LogP contribution in [0.15, 0.2) is 24.5 Å². The molecule has 3 aromatic rings. The van der Waals surface area contributed by atoms with Crippen molar-refractivity contribution in [1.29, 1.82) is 0 Å². The summed E-state index contributed by atoms with van der Waals surface area (Å²) < 4.78 is 7.82. The highest BCUT2D eigenvalue weighted by Gasteiger charge is 2.19. The van der Waals surface area contributed by atoms with E-state index in [9.17, 15) is 4.79 Å². The molecule has 0 saturated carbocycles. The third kappa shape index (κ3) is 2.57. The van der Waals surface area contributed by atoms with Crippen LogP contribution in [0.25, 0.3) is 22.1 Å². The maximum Gasteiger partial charge on any atom is 0.200 e. The Labute approximate surface area is 139 Å². The van der Waals surface area contributed by atoms with Crippen molar-refractivity contribution in [3.63, 3.8) is 0 Å². The summed E-state index contributed by atoms with van der Waals surface area (Å²) >= 11 is 0. The second kappa shape index (κ2) is 5.94. The first-order valence-electron chi connectivity index (χ1n) is 8.40. The minimum Gasteiger partial charge on any atom is -0.376 e. The maximum absolute atomic E-state index is 12.3. The van der Waals surface area contributed by atoms with E-state index in [1.54, 1.807) is 6.33 Å². The molecule has 24 heavy (non-hydrogen) atoms. The first-order chi connectivity index (χ1) is 11.6. The van der Waals surface area contributed by atoms with Crippen LogP contribution in [-0.4, -0.2) is 38.2 Å². The summed E-state index contributed by atoms with van der Waals surface area (Å²) in [6, 6.07) is 5.61. The van der Waals surface area contributed by atoms with Gasteiger partial charge in [0.25, 0.3) is 0 Å². The fraction of sp³-hybridized carbons (Fsp3) is 0.444. The van der Waals surface area contributed by atoms with Crippen molar-refractivity contribution in [3.05, 3.63) is 30.1 Å². The monoisotopic (exact) mass is 324 g/mol. The molecule has 0 spiro atoms. The van der Waals surface area contributed by atoms with E-state index in [4.69, 9.17) is 4.74 Å². The summed E-state index contributed by atoms with van der Waals surface area (Å²) in [5.41, 5.74) is 3.01. The van der Waals surface area contributed by atoms with Crippen LogP contribution >= 0.6 is 0 Å². The number of ether oxygens (including phenoxy) is 1. The van der Waals surface area contributed by atoms with Gasteiger partial charge in [0.05, 0.1) is 30.0 Å². The first-order valence-corrected chi connectivity index (χ1v) is 8.40. The third-order valence-corrected chi connectivity index (χ3v) is 4.56. The molecule has 1 saturated heterocycles. The summed E-state index contributed by atoms with van der Waals surface area (Å²) in [7, 11) is 0. The molecule has 6 heteroatoms. The smallest absolute Gasteiger partial charge is 0.200 e. The van der Waals surface area contributed by atoms with Gasteiger partial charge >= 0.3 is 0 Å². The van der Waals surface area contributed by atoms with Gasteiger partial charge in [-0.2, -0.15) is 0 Å². The number of ketones is 1. The zero-order chi connectivity index (χ0) is 16.7. The highest BCUT2D eigenvalue weighted by molar-refractivity contribution is 6.06. The topological polar surface area (TPSA) is 69.9 Å². The van der Waals surface area contributed by atoms with Crippen LogP contribution in [-0.2, 0) is 11.3 Å². The minimum absolute atomic E-state index is 0.0375. The van der Waals surface area contributed by atoms with Crippen LogP contribution in [0.4, 0.5) is 0 Å². The van der Waals surface area contributed by atoms with E-state index in [1.807, 2.05) is 32.0 Å². The SMILES string of the molecule is CC(C)C(=O)c1ccc2nnc3ncn(CC4CCCO4)c3c2c1. The van der Waals surface area contributed by atoms with Crippen molar-refractivity contribution in [2.24, 2.45) is 5.92 Å². The van der Waals surface area contributed by atoms with Crippen LogP contribution in [0.5, 0.6) is 0 Å². The lowest BCUT2D eigenvalue weighted by atomic mass is 9.99. The number of hydrogen-bond donors (Lipinski definition) is 0. The van der Waals surface area contributed by atoms with Gasteiger partial charge in [0, 0.05) is 23.5 Å². The molecule has 124 valence electrons. The Balaban J connectivity index is 1.85. The molecule has 1 unspecified atom stereocenters. The number of imidazole rings is 1. The van der Waals surface area contributed by atoms with Gasteiger partial charge in [-0.25, -0.2) is 4.98 Å². The second-order valence-electron chi connectivity index (χ2n) is 6.66. The van der Waals surface area contributed by atoms with Crippen molar-refractivity contribution in [2.45, 2.75) is 39.3 Å². The van der Waals surface area contributed by atoms with Crippen LogP contribution < -0.4 is 0 Å². The van der Waals surface area contributed by atoms with Gasteiger partial charge in [0.1, 0.15) is 0 Å². The third-order valence-electron chi connectivity index (χ3n) is 4.56. The number of Topliss-reactive ketones (excluding diaryl/α,β-unsaturated/α-hetero) is 1. The summed E-state index contributed by atoms with van der Waals surface area (Å²) in [5, 5.41) is 9.36.